The molecule has 1 aromatic heterocycles. The van der Waals surface area contributed by atoms with E-state index in [0.717, 1.165) is 25.1 Å². The molecule has 102 valence electrons. The summed E-state index contributed by atoms with van der Waals surface area (Å²) < 4.78 is 37.3. The molecule has 1 atom stereocenters. The van der Waals surface area contributed by atoms with Gasteiger partial charge < -0.3 is 11.1 Å². The third kappa shape index (κ3) is 4.52. The lowest BCUT2D eigenvalue weighted by Crippen LogP contribution is -2.18. The molecule has 0 aliphatic heterocycles. The number of aromatic nitrogens is 1. The van der Waals surface area contributed by atoms with Gasteiger partial charge in [-0.15, -0.1) is 0 Å². The lowest BCUT2D eigenvalue weighted by Gasteiger charge is -2.16. The fourth-order valence-corrected chi connectivity index (χ4v) is 1.64. The smallest absolute Gasteiger partial charge is 0.385 e. The zero-order chi connectivity index (χ0) is 13.6. The topological polar surface area (TPSA) is 50.9 Å². The molecule has 3 N–H and O–H groups in total. The van der Waals surface area contributed by atoms with Gasteiger partial charge in [-0.3, -0.25) is 4.98 Å². The quantitative estimate of drug-likeness (QED) is 0.827. The summed E-state index contributed by atoms with van der Waals surface area (Å²) in [6, 6.07) is 2.56. The van der Waals surface area contributed by atoms with E-state index in [1.165, 1.54) is 6.07 Å². The van der Waals surface area contributed by atoms with Gasteiger partial charge in [0.25, 0.3) is 0 Å². The van der Waals surface area contributed by atoms with Gasteiger partial charge in [0, 0.05) is 18.4 Å². The predicted molar refractivity (Wildman–Crippen MR) is 65.2 cm³/mol. The second-order valence-electron chi connectivity index (χ2n) is 4.16. The van der Waals surface area contributed by atoms with Gasteiger partial charge in [-0.2, -0.15) is 13.2 Å². The molecule has 0 saturated heterocycles. The van der Waals surface area contributed by atoms with Gasteiger partial charge in [-0.05, 0) is 31.0 Å². The Bertz CT molecular complexity index is 366. The Morgan fingerprint density at radius 2 is 2.17 bits per heavy atom. The standard InChI is InChI=1S/C12H18F3N3/c1-2-9(3-5-16)8-18-10-4-6-17-11(7-10)12(13,14)15/h4,6-7,9H,2-3,5,8,16H2,1H3,(H,17,18). The summed E-state index contributed by atoms with van der Waals surface area (Å²) in [5.74, 6) is 0.373. The van der Waals surface area contributed by atoms with Crippen LogP contribution in [0, 0.1) is 5.92 Å². The molecule has 0 amide bonds. The van der Waals surface area contributed by atoms with Gasteiger partial charge >= 0.3 is 6.18 Å². The van der Waals surface area contributed by atoms with Crippen LogP contribution in [0.15, 0.2) is 18.3 Å². The molecule has 0 spiro atoms. The van der Waals surface area contributed by atoms with Gasteiger partial charge in [0.1, 0.15) is 5.69 Å². The minimum Gasteiger partial charge on any atom is -0.385 e. The monoisotopic (exact) mass is 261 g/mol. The average molecular weight is 261 g/mol. The van der Waals surface area contributed by atoms with Crippen molar-refractivity contribution >= 4 is 5.69 Å². The first-order valence-corrected chi connectivity index (χ1v) is 5.94. The summed E-state index contributed by atoms with van der Waals surface area (Å²) in [4.78, 5) is 3.31. The summed E-state index contributed by atoms with van der Waals surface area (Å²) in [6.07, 6.45) is -1.43. The van der Waals surface area contributed by atoms with Crippen LogP contribution in [0.1, 0.15) is 25.5 Å². The van der Waals surface area contributed by atoms with Crippen LogP contribution in [0.4, 0.5) is 18.9 Å². The maximum absolute atomic E-state index is 12.4. The molecule has 0 saturated carbocycles. The third-order valence-electron chi connectivity index (χ3n) is 2.80. The van der Waals surface area contributed by atoms with Crippen molar-refractivity contribution in [2.45, 2.75) is 25.9 Å². The number of halogens is 3. The maximum atomic E-state index is 12.4. The van der Waals surface area contributed by atoms with Crippen molar-refractivity contribution in [3.05, 3.63) is 24.0 Å². The molecule has 3 nitrogen and oxygen atoms in total. The number of nitrogens with zero attached hydrogens (tertiary/aromatic N) is 1. The largest absolute Gasteiger partial charge is 0.433 e. The van der Waals surface area contributed by atoms with E-state index in [1.807, 2.05) is 6.92 Å². The van der Waals surface area contributed by atoms with Crippen LogP contribution in [-0.2, 0) is 6.18 Å². The average Bonchev–Trinajstić information content (AvgIpc) is 2.34. The van der Waals surface area contributed by atoms with Crippen molar-refractivity contribution < 1.29 is 13.2 Å². The molecule has 1 unspecified atom stereocenters. The summed E-state index contributed by atoms with van der Waals surface area (Å²) >= 11 is 0. The summed E-state index contributed by atoms with van der Waals surface area (Å²) in [5.41, 5.74) is 5.03. The van der Waals surface area contributed by atoms with E-state index in [-0.39, 0.29) is 0 Å². The van der Waals surface area contributed by atoms with Crippen molar-refractivity contribution in [2.75, 3.05) is 18.4 Å². The number of anilines is 1. The molecule has 1 rings (SSSR count). The van der Waals surface area contributed by atoms with E-state index in [0.29, 0.717) is 24.7 Å². The van der Waals surface area contributed by atoms with Gasteiger partial charge in [-0.25, -0.2) is 0 Å². The van der Waals surface area contributed by atoms with Crippen LogP contribution in [0.5, 0.6) is 0 Å². The molecule has 0 fully saturated rings. The van der Waals surface area contributed by atoms with E-state index in [1.54, 1.807) is 0 Å². The normalized spacial score (nSPS) is 13.4. The molecule has 1 aromatic rings. The summed E-state index contributed by atoms with van der Waals surface area (Å²) in [7, 11) is 0. The molecule has 18 heavy (non-hydrogen) atoms. The number of nitrogens with one attached hydrogen (secondary N) is 1. The van der Waals surface area contributed by atoms with Crippen LogP contribution >= 0.6 is 0 Å². The zero-order valence-electron chi connectivity index (χ0n) is 10.3. The van der Waals surface area contributed by atoms with Crippen molar-refractivity contribution in [1.29, 1.82) is 0 Å². The van der Waals surface area contributed by atoms with Crippen LogP contribution in [0.25, 0.3) is 0 Å². The van der Waals surface area contributed by atoms with Gasteiger partial charge in [0.05, 0.1) is 0 Å². The molecule has 0 aliphatic rings. The van der Waals surface area contributed by atoms with Gasteiger partial charge in [0.2, 0.25) is 0 Å². The highest BCUT2D eigenvalue weighted by atomic mass is 19.4. The van der Waals surface area contributed by atoms with Gasteiger partial charge in [-0.1, -0.05) is 13.3 Å². The first kappa shape index (κ1) is 14.8. The molecular weight excluding hydrogens is 243 g/mol. The second kappa shape index (κ2) is 6.58. The Morgan fingerprint density at radius 1 is 1.44 bits per heavy atom. The lowest BCUT2D eigenvalue weighted by molar-refractivity contribution is -0.141. The van der Waals surface area contributed by atoms with Crippen molar-refractivity contribution in [3.63, 3.8) is 0 Å². The minimum atomic E-state index is -4.40. The molecule has 0 aromatic carbocycles. The predicted octanol–water partition coefficient (Wildman–Crippen LogP) is 2.89. The van der Waals surface area contributed by atoms with Crippen molar-refractivity contribution in [3.8, 4) is 0 Å². The second-order valence-corrected chi connectivity index (χ2v) is 4.16. The van der Waals surface area contributed by atoms with Crippen molar-refractivity contribution in [2.24, 2.45) is 11.7 Å². The summed E-state index contributed by atoms with van der Waals surface area (Å²) in [6.45, 7) is 3.25. The third-order valence-corrected chi connectivity index (χ3v) is 2.80. The Morgan fingerprint density at radius 3 is 2.72 bits per heavy atom. The van der Waals surface area contributed by atoms with Crippen LogP contribution in [0.3, 0.4) is 0 Å². The number of nitrogens with two attached hydrogens (primary N) is 1. The lowest BCUT2D eigenvalue weighted by atomic mass is 10.0. The fraction of sp³-hybridized carbons (Fsp3) is 0.583. The molecule has 0 bridgehead atoms. The van der Waals surface area contributed by atoms with E-state index in [2.05, 4.69) is 10.3 Å². The first-order chi connectivity index (χ1) is 8.47. The molecule has 0 aliphatic carbocycles. The molecule has 0 radical (unpaired) electrons. The number of hydrogen-bond donors (Lipinski definition) is 2. The van der Waals surface area contributed by atoms with Crippen LogP contribution < -0.4 is 11.1 Å². The Balaban J connectivity index is 2.62. The van der Waals surface area contributed by atoms with E-state index in [4.69, 9.17) is 5.73 Å². The highest BCUT2D eigenvalue weighted by Crippen LogP contribution is 2.28. The molecule has 6 heteroatoms. The van der Waals surface area contributed by atoms with Crippen LogP contribution in [-0.4, -0.2) is 18.1 Å². The number of pyridine rings is 1. The number of alkyl halides is 3. The molecule has 1 heterocycles. The number of rotatable bonds is 6. The Labute approximate surface area is 105 Å². The Hall–Kier alpha value is -1.30. The highest BCUT2D eigenvalue weighted by molar-refractivity contribution is 5.43. The van der Waals surface area contributed by atoms with E-state index < -0.39 is 11.9 Å². The summed E-state index contributed by atoms with van der Waals surface area (Å²) in [5, 5.41) is 3.00. The SMILES string of the molecule is CCC(CCN)CNc1ccnc(C(F)(F)F)c1. The Kier molecular flexibility index (Phi) is 5.40. The first-order valence-electron chi connectivity index (χ1n) is 5.94. The zero-order valence-corrected chi connectivity index (χ0v) is 10.3. The maximum Gasteiger partial charge on any atom is 0.433 e. The molecular formula is C12H18F3N3. The van der Waals surface area contributed by atoms with Crippen molar-refractivity contribution in [1.82, 2.24) is 4.98 Å². The number of hydrogen-bond acceptors (Lipinski definition) is 3. The van der Waals surface area contributed by atoms with E-state index in [9.17, 15) is 13.2 Å². The fourth-order valence-electron chi connectivity index (χ4n) is 1.64. The minimum absolute atomic E-state index is 0.373. The van der Waals surface area contributed by atoms with Crippen LogP contribution in [0.2, 0.25) is 0 Å². The highest BCUT2D eigenvalue weighted by Gasteiger charge is 2.32. The van der Waals surface area contributed by atoms with Gasteiger partial charge in [0.15, 0.2) is 0 Å². The van der Waals surface area contributed by atoms with E-state index >= 15 is 0 Å².